The van der Waals surface area contributed by atoms with E-state index in [1.165, 1.54) is 0 Å². The summed E-state index contributed by atoms with van der Waals surface area (Å²) in [5.41, 5.74) is 0.202. The molecule has 1 N–H and O–H groups in total. The van der Waals surface area contributed by atoms with Gasteiger partial charge in [0.05, 0.1) is 20.1 Å². The number of hydrogen-bond acceptors (Lipinski definition) is 5. The molecule has 1 aromatic carbocycles. The van der Waals surface area contributed by atoms with Crippen LogP contribution in [0.25, 0.3) is 0 Å². The van der Waals surface area contributed by atoms with Gasteiger partial charge in [0.15, 0.2) is 0 Å². The lowest BCUT2D eigenvalue weighted by Gasteiger charge is -2.35. The van der Waals surface area contributed by atoms with Crippen molar-refractivity contribution >= 4 is 17.7 Å². The molecule has 3 rings (SSSR count). The summed E-state index contributed by atoms with van der Waals surface area (Å²) >= 11 is 0. The molecule has 8 heteroatoms. The van der Waals surface area contributed by atoms with Crippen LogP contribution in [0.3, 0.4) is 0 Å². The molecule has 8 nitrogen and oxygen atoms in total. The molecule has 3 amide bonds. The number of benzene rings is 1. The van der Waals surface area contributed by atoms with Crippen molar-refractivity contribution in [2.75, 3.05) is 33.9 Å². The third-order valence-electron chi connectivity index (χ3n) is 6.04. The molecule has 0 saturated carbocycles. The smallest absolute Gasteiger partial charge is 0.251 e. The average Bonchev–Trinajstić information content (AvgIpc) is 3.15. The average molecular weight is 432 g/mol. The molecule has 2 aliphatic rings. The van der Waals surface area contributed by atoms with E-state index < -0.39 is 0 Å². The van der Waals surface area contributed by atoms with E-state index in [2.05, 4.69) is 5.32 Å². The number of nitrogens with one attached hydrogen (secondary N) is 1. The van der Waals surface area contributed by atoms with Gasteiger partial charge in [-0.1, -0.05) is 0 Å². The van der Waals surface area contributed by atoms with E-state index in [9.17, 15) is 14.4 Å². The van der Waals surface area contributed by atoms with Gasteiger partial charge in [0, 0.05) is 49.3 Å². The number of likely N-dealkylation sites (tertiary alicyclic amines) is 2. The van der Waals surface area contributed by atoms with E-state index in [1.807, 2.05) is 25.7 Å². The summed E-state index contributed by atoms with van der Waals surface area (Å²) in [7, 11) is 3.09. The van der Waals surface area contributed by atoms with Crippen LogP contribution in [0, 0.1) is 5.92 Å². The fraction of sp³-hybridized carbons (Fsp3) is 0.609. The van der Waals surface area contributed by atoms with Crippen molar-refractivity contribution in [2.45, 2.75) is 51.6 Å². The summed E-state index contributed by atoms with van der Waals surface area (Å²) in [4.78, 5) is 41.6. The lowest BCUT2D eigenvalue weighted by atomic mass is 10.0. The minimum absolute atomic E-state index is 0.00923. The molecule has 0 aromatic heterocycles. The van der Waals surface area contributed by atoms with E-state index in [-0.39, 0.29) is 41.6 Å². The van der Waals surface area contributed by atoms with Gasteiger partial charge in [-0.15, -0.1) is 0 Å². The van der Waals surface area contributed by atoms with Crippen LogP contribution in [-0.2, 0) is 9.59 Å². The Hall–Kier alpha value is -2.77. The number of ether oxygens (including phenoxy) is 2. The second kappa shape index (κ2) is 9.16. The predicted octanol–water partition coefficient (Wildman–Crippen LogP) is 2.07. The molecule has 0 aliphatic carbocycles. The molecule has 1 aromatic rings. The van der Waals surface area contributed by atoms with Gasteiger partial charge in [0.25, 0.3) is 5.91 Å². The fourth-order valence-corrected chi connectivity index (χ4v) is 4.23. The van der Waals surface area contributed by atoms with Gasteiger partial charge >= 0.3 is 0 Å². The van der Waals surface area contributed by atoms with Crippen molar-refractivity contribution < 1.29 is 23.9 Å². The maximum absolute atomic E-state index is 12.9. The molecule has 0 radical (unpaired) electrons. The van der Waals surface area contributed by atoms with Crippen molar-refractivity contribution in [1.82, 2.24) is 15.1 Å². The van der Waals surface area contributed by atoms with Crippen molar-refractivity contribution in [3.05, 3.63) is 23.8 Å². The van der Waals surface area contributed by atoms with Crippen LogP contribution in [0.2, 0.25) is 0 Å². The van der Waals surface area contributed by atoms with Crippen molar-refractivity contribution in [3.8, 4) is 11.5 Å². The summed E-state index contributed by atoms with van der Waals surface area (Å²) in [6.07, 6.45) is 1.65. The highest BCUT2D eigenvalue weighted by molar-refractivity contribution is 5.95. The van der Waals surface area contributed by atoms with Crippen LogP contribution in [-0.4, -0.2) is 73.0 Å². The highest BCUT2D eigenvalue weighted by Crippen LogP contribution is 2.28. The number of amides is 3. The summed E-state index contributed by atoms with van der Waals surface area (Å²) in [6.45, 7) is 7.60. The summed E-state index contributed by atoms with van der Waals surface area (Å²) in [5, 5.41) is 3.05. The highest BCUT2D eigenvalue weighted by atomic mass is 16.5. The normalized spacial score (nSPS) is 20.0. The Kier molecular flexibility index (Phi) is 6.77. The molecular formula is C23H33N3O5. The molecule has 2 saturated heterocycles. The largest absolute Gasteiger partial charge is 0.497 e. The Balaban J connectivity index is 1.54. The van der Waals surface area contributed by atoms with Gasteiger partial charge in [-0.25, -0.2) is 0 Å². The number of methoxy groups -OCH3 is 2. The first-order chi connectivity index (χ1) is 14.6. The van der Waals surface area contributed by atoms with Gasteiger partial charge < -0.3 is 24.6 Å². The minimum Gasteiger partial charge on any atom is -0.497 e. The molecule has 0 bridgehead atoms. The number of hydrogen-bond donors (Lipinski definition) is 1. The van der Waals surface area contributed by atoms with Crippen LogP contribution in [0.4, 0.5) is 0 Å². The minimum atomic E-state index is -0.276. The Bertz CT molecular complexity index is 818. The third kappa shape index (κ3) is 5.29. The predicted molar refractivity (Wildman–Crippen MR) is 116 cm³/mol. The molecule has 2 aliphatic heterocycles. The maximum Gasteiger partial charge on any atom is 0.251 e. The number of carbonyl (C=O) groups excluding carboxylic acids is 3. The van der Waals surface area contributed by atoms with Crippen molar-refractivity contribution in [1.29, 1.82) is 0 Å². The van der Waals surface area contributed by atoms with Crippen molar-refractivity contribution in [2.24, 2.45) is 5.92 Å². The van der Waals surface area contributed by atoms with Gasteiger partial charge in [-0.05, 0) is 45.7 Å². The van der Waals surface area contributed by atoms with E-state index in [4.69, 9.17) is 9.47 Å². The highest BCUT2D eigenvalue weighted by Gasteiger charge is 2.41. The van der Waals surface area contributed by atoms with Crippen LogP contribution in [0.5, 0.6) is 11.5 Å². The Morgan fingerprint density at radius 2 is 1.61 bits per heavy atom. The van der Waals surface area contributed by atoms with Gasteiger partial charge in [-0.3, -0.25) is 14.4 Å². The van der Waals surface area contributed by atoms with Crippen LogP contribution >= 0.6 is 0 Å². The van der Waals surface area contributed by atoms with Gasteiger partial charge in [0.2, 0.25) is 11.8 Å². The topological polar surface area (TPSA) is 88.2 Å². The standard InChI is InChI=1S/C23H33N3O5/c1-23(2,3)26-14-16(12-20(26)27)22(29)25-8-6-17(7-9-25)24-21(28)15-10-18(30-4)13-19(11-15)31-5/h10-11,13,16-17H,6-9,12,14H2,1-5H3,(H,24,28). The third-order valence-corrected chi connectivity index (χ3v) is 6.04. The van der Waals surface area contributed by atoms with E-state index >= 15 is 0 Å². The molecule has 170 valence electrons. The first-order valence-corrected chi connectivity index (χ1v) is 10.8. The Labute approximate surface area is 183 Å². The summed E-state index contributed by atoms with van der Waals surface area (Å²) < 4.78 is 10.5. The lowest BCUT2D eigenvalue weighted by molar-refractivity contribution is -0.136. The molecule has 1 atom stereocenters. The van der Waals surface area contributed by atoms with E-state index in [0.29, 0.717) is 49.5 Å². The molecule has 0 spiro atoms. The van der Waals surface area contributed by atoms with Crippen molar-refractivity contribution in [3.63, 3.8) is 0 Å². The second-order valence-corrected chi connectivity index (χ2v) is 9.25. The zero-order chi connectivity index (χ0) is 22.8. The second-order valence-electron chi connectivity index (χ2n) is 9.25. The van der Waals surface area contributed by atoms with Crippen LogP contribution < -0.4 is 14.8 Å². The van der Waals surface area contributed by atoms with E-state index in [0.717, 1.165) is 0 Å². The van der Waals surface area contributed by atoms with Crippen LogP contribution in [0.15, 0.2) is 18.2 Å². The first-order valence-electron chi connectivity index (χ1n) is 10.8. The molecular weight excluding hydrogens is 398 g/mol. The van der Waals surface area contributed by atoms with Crippen LogP contribution in [0.1, 0.15) is 50.4 Å². The monoisotopic (exact) mass is 431 g/mol. The molecule has 1 unspecified atom stereocenters. The SMILES string of the molecule is COc1cc(OC)cc(C(=O)NC2CCN(C(=O)C3CC(=O)N(C(C)(C)C)C3)CC2)c1. The summed E-state index contributed by atoms with van der Waals surface area (Å²) in [5.74, 6) is 0.732. The maximum atomic E-state index is 12.9. The molecule has 31 heavy (non-hydrogen) atoms. The lowest BCUT2D eigenvalue weighted by Crippen LogP contribution is -2.48. The molecule has 2 heterocycles. The summed E-state index contributed by atoms with van der Waals surface area (Å²) in [6, 6.07) is 5.06. The molecule has 2 fully saturated rings. The Morgan fingerprint density at radius 3 is 2.10 bits per heavy atom. The number of carbonyl (C=O) groups is 3. The zero-order valence-corrected chi connectivity index (χ0v) is 19.1. The number of rotatable bonds is 5. The van der Waals surface area contributed by atoms with Gasteiger partial charge in [0.1, 0.15) is 11.5 Å². The number of piperidine rings is 1. The fourth-order valence-electron chi connectivity index (χ4n) is 4.23. The van der Waals surface area contributed by atoms with Gasteiger partial charge in [-0.2, -0.15) is 0 Å². The quantitative estimate of drug-likeness (QED) is 0.771. The number of nitrogens with zero attached hydrogens (tertiary/aromatic N) is 2. The zero-order valence-electron chi connectivity index (χ0n) is 19.1. The van der Waals surface area contributed by atoms with E-state index in [1.54, 1.807) is 37.3 Å². The first kappa shape index (κ1) is 22.9. The Morgan fingerprint density at radius 1 is 1.03 bits per heavy atom.